The van der Waals surface area contributed by atoms with Gasteiger partial charge in [0.15, 0.2) is 0 Å². The van der Waals surface area contributed by atoms with E-state index in [0.717, 1.165) is 22.4 Å². The van der Waals surface area contributed by atoms with E-state index in [-0.39, 0.29) is 5.91 Å². The molecule has 0 bridgehead atoms. The first-order valence-electron chi connectivity index (χ1n) is 6.52. The highest BCUT2D eigenvalue weighted by Gasteiger charge is 2.22. The van der Waals surface area contributed by atoms with Crippen LogP contribution in [0.25, 0.3) is 11.6 Å². The Hall–Kier alpha value is -2.35. The number of nitrogens with one attached hydrogen (secondary N) is 1. The lowest BCUT2D eigenvalue weighted by Gasteiger charge is -1.97. The molecule has 19 heavy (non-hydrogen) atoms. The quantitative estimate of drug-likeness (QED) is 0.756. The molecule has 0 aliphatic carbocycles. The molecule has 0 saturated heterocycles. The van der Waals surface area contributed by atoms with Gasteiger partial charge in [-0.15, -0.1) is 0 Å². The molecule has 2 aromatic carbocycles. The van der Waals surface area contributed by atoms with Gasteiger partial charge in [-0.3, -0.25) is 4.79 Å². The van der Waals surface area contributed by atoms with Gasteiger partial charge in [0.1, 0.15) is 0 Å². The van der Waals surface area contributed by atoms with Crippen LogP contribution in [0.4, 0.5) is 5.69 Å². The maximum absolute atomic E-state index is 11.9. The normalized spacial score (nSPS) is 14.4. The highest BCUT2D eigenvalue weighted by atomic mass is 16.1. The van der Waals surface area contributed by atoms with Crippen molar-refractivity contribution in [2.24, 2.45) is 0 Å². The molecule has 1 amide bonds. The number of para-hydroxylation sites is 1. The first-order chi connectivity index (χ1) is 9.34. The average Bonchev–Trinajstić information content (AvgIpc) is 2.79. The Labute approximate surface area is 113 Å². The first kappa shape index (κ1) is 13.1. The van der Waals surface area contributed by atoms with E-state index in [4.69, 9.17) is 0 Å². The average molecular weight is 251 g/mol. The predicted molar refractivity (Wildman–Crippen MR) is 80.7 cm³/mol. The van der Waals surface area contributed by atoms with Crippen molar-refractivity contribution in [2.45, 2.75) is 13.8 Å². The molecule has 0 spiro atoms. The lowest BCUT2D eigenvalue weighted by Crippen LogP contribution is -2.03. The van der Waals surface area contributed by atoms with Crippen LogP contribution in [0.2, 0.25) is 0 Å². The summed E-state index contributed by atoms with van der Waals surface area (Å²) in [5, 5.41) is 2.86. The van der Waals surface area contributed by atoms with Crippen molar-refractivity contribution in [1.29, 1.82) is 0 Å². The van der Waals surface area contributed by atoms with Gasteiger partial charge in [0, 0.05) is 16.8 Å². The van der Waals surface area contributed by atoms with E-state index < -0.39 is 0 Å². The summed E-state index contributed by atoms with van der Waals surface area (Å²) in [5.74, 6) is -0.0324. The summed E-state index contributed by atoms with van der Waals surface area (Å²) in [6.45, 7) is 4.00. The highest BCUT2D eigenvalue weighted by Crippen LogP contribution is 2.32. The number of hydrogen-bond donors (Lipinski definition) is 1. The number of benzene rings is 2. The third-order valence-corrected chi connectivity index (χ3v) is 2.82. The van der Waals surface area contributed by atoms with Crippen molar-refractivity contribution in [1.82, 2.24) is 0 Å². The maximum Gasteiger partial charge on any atom is 0.256 e. The highest BCUT2D eigenvalue weighted by molar-refractivity contribution is 6.34. The van der Waals surface area contributed by atoms with Crippen LogP contribution in [-0.4, -0.2) is 5.91 Å². The second-order valence-corrected chi connectivity index (χ2v) is 3.97. The molecule has 2 heteroatoms. The van der Waals surface area contributed by atoms with Crippen molar-refractivity contribution in [3.63, 3.8) is 0 Å². The Balaban J connectivity index is 0.000000637. The number of amides is 1. The van der Waals surface area contributed by atoms with E-state index in [2.05, 4.69) is 5.32 Å². The van der Waals surface area contributed by atoms with Crippen molar-refractivity contribution in [2.75, 3.05) is 5.32 Å². The van der Waals surface area contributed by atoms with Gasteiger partial charge < -0.3 is 5.32 Å². The van der Waals surface area contributed by atoms with E-state index in [1.165, 1.54) is 0 Å². The summed E-state index contributed by atoms with van der Waals surface area (Å²) in [6.07, 6.45) is 1.92. The number of carbonyl (C=O) groups excluding carboxylic acids is 1. The molecule has 1 aliphatic rings. The standard InChI is InChI=1S/C15H11NO.C2H6/c17-15-13(10-11-6-2-1-3-7-11)12-8-4-5-9-14(12)16-15;1-2/h1-10H,(H,16,17);1-2H3/b13-10-;. The predicted octanol–water partition coefficient (Wildman–Crippen LogP) is 4.21. The van der Waals surface area contributed by atoms with Crippen molar-refractivity contribution < 1.29 is 4.79 Å². The molecule has 0 unspecified atom stereocenters. The minimum absolute atomic E-state index is 0.0324. The van der Waals surface area contributed by atoms with Crippen LogP contribution < -0.4 is 5.32 Å². The van der Waals surface area contributed by atoms with Crippen LogP contribution >= 0.6 is 0 Å². The summed E-state index contributed by atoms with van der Waals surface area (Å²) >= 11 is 0. The van der Waals surface area contributed by atoms with Crippen LogP contribution in [0.1, 0.15) is 25.0 Å². The Bertz CT molecular complexity index is 600. The second kappa shape index (κ2) is 6.01. The Morgan fingerprint density at radius 2 is 1.53 bits per heavy atom. The molecule has 1 heterocycles. The zero-order valence-corrected chi connectivity index (χ0v) is 11.2. The molecule has 3 rings (SSSR count). The van der Waals surface area contributed by atoms with Gasteiger partial charge in [-0.05, 0) is 17.7 Å². The van der Waals surface area contributed by atoms with Crippen LogP contribution in [0.3, 0.4) is 0 Å². The van der Waals surface area contributed by atoms with E-state index in [9.17, 15) is 4.79 Å². The number of rotatable bonds is 1. The summed E-state index contributed by atoms with van der Waals surface area (Å²) in [5.41, 5.74) is 3.63. The summed E-state index contributed by atoms with van der Waals surface area (Å²) in [4.78, 5) is 11.9. The third-order valence-electron chi connectivity index (χ3n) is 2.82. The molecule has 0 saturated carbocycles. The second-order valence-electron chi connectivity index (χ2n) is 3.97. The van der Waals surface area contributed by atoms with Crippen LogP contribution in [-0.2, 0) is 4.79 Å². The molecule has 2 nitrogen and oxygen atoms in total. The Morgan fingerprint density at radius 3 is 2.26 bits per heavy atom. The minimum atomic E-state index is -0.0324. The van der Waals surface area contributed by atoms with Crippen molar-refractivity contribution in [3.8, 4) is 0 Å². The molecule has 0 fully saturated rings. The van der Waals surface area contributed by atoms with Gasteiger partial charge in [-0.2, -0.15) is 0 Å². The van der Waals surface area contributed by atoms with Crippen LogP contribution in [0, 0.1) is 0 Å². The number of hydrogen-bond acceptors (Lipinski definition) is 1. The van der Waals surface area contributed by atoms with E-state index in [1.54, 1.807) is 0 Å². The molecule has 96 valence electrons. The molecule has 1 aliphatic heterocycles. The zero-order chi connectivity index (χ0) is 13.7. The third kappa shape index (κ3) is 2.74. The fourth-order valence-corrected chi connectivity index (χ4v) is 2.00. The van der Waals surface area contributed by atoms with Crippen molar-refractivity contribution >= 4 is 23.2 Å². The van der Waals surface area contributed by atoms with Gasteiger partial charge in [0.25, 0.3) is 5.91 Å². The van der Waals surface area contributed by atoms with Gasteiger partial charge in [0.2, 0.25) is 0 Å². The first-order valence-corrected chi connectivity index (χ1v) is 6.52. The Kier molecular flexibility index (Phi) is 4.14. The minimum Gasteiger partial charge on any atom is -0.321 e. The lowest BCUT2D eigenvalue weighted by molar-refractivity contribution is -0.110. The smallest absolute Gasteiger partial charge is 0.256 e. The zero-order valence-electron chi connectivity index (χ0n) is 11.2. The topological polar surface area (TPSA) is 29.1 Å². The van der Waals surface area contributed by atoms with Crippen molar-refractivity contribution in [3.05, 3.63) is 65.7 Å². The monoisotopic (exact) mass is 251 g/mol. The summed E-state index contributed by atoms with van der Waals surface area (Å²) < 4.78 is 0. The summed E-state index contributed by atoms with van der Waals surface area (Å²) in [7, 11) is 0. The van der Waals surface area contributed by atoms with E-state index >= 15 is 0 Å². The molecule has 2 aromatic rings. The number of carbonyl (C=O) groups is 1. The van der Waals surface area contributed by atoms with E-state index in [1.807, 2.05) is 74.5 Å². The molecule has 0 radical (unpaired) electrons. The number of anilines is 1. The van der Waals surface area contributed by atoms with Gasteiger partial charge in [-0.25, -0.2) is 0 Å². The van der Waals surface area contributed by atoms with Gasteiger partial charge in [-0.1, -0.05) is 62.4 Å². The molecule has 0 aromatic heterocycles. The van der Waals surface area contributed by atoms with Crippen LogP contribution in [0.15, 0.2) is 54.6 Å². The van der Waals surface area contributed by atoms with E-state index in [0.29, 0.717) is 0 Å². The molecular weight excluding hydrogens is 234 g/mol. The van der Waals surface area contributed by atoms with Crippen LogP contribution in [0.5, 0.6) is 0 Å². The van der Waals surface area contributed by atoms with Gasteiger partial charge in [0.05, 0.1) is 0 Å². The summed E-state index contributed by atoms with van der Waals surface area (Å²) in [6, 6.07) is 17.6. The fourth-order valence-electron chi connectivity index (χ4n) is 2.00. The molecular formula is C17H17NO. The number of fused-ring (bicyclic) bond motifs is 1. The lowest BCUT2D eigenvalue weighted by atomic mass is 10.0. The molecule has 1 N–H and O–H groups in total. The van der Waals surface area contributed by atoms with Gasteiger partial charge >= 0.3 is 0 Å². The Morgan fingerprint density at radius 1 is 0.895 bits per heavy atom. The maximum atomic E-state index is 11.9. The fraction of sp³-hybridized carbons (Fsp3) is 0.118. The molecule has 0 atom stereocenters. The SMILES string of the molecule is CC.O=C1Nc2ccccc2/C1=C/c1ccccc1. The largest absolute Gasteiger partial charge is 0.321 e.